The lowest BCUT2D eigenvalue weighted by Crippen LogP contribution is -2.29. The molecule has 5 nitrogen and oxygen atoms in total. The van der Waals surface area contributed by atoms with E-state index in [-0.39, 0.29) is 6.03 Å². The fraction of sp³-hybridized carbons (Fsp3) is 0.125. The van der Waals surface area contributed by atoms with Crippen LogP contribution in [0.3, 0.4) is 0 Å². The van der Waals surface area contributed by atoms with Crippen LogP contribution in [0.4, 0.5) is 30.6 Å². The summed E-state index contributed by atoms with van der Waals surface area (Å²) < 4.78 is 27.2. The van der Waals surface area contributed by atoms with Crippen LogP contribution in [0.1, 0.15) is 5.56 Å². The number of fused-ring (bicyclic) bond motifs is 2. The Kier molecular flexibility index (Phi) is 5.45. The SMILES string of the molecule is O=C(Nc1ccc2c(c1)N(Cc1cc(F)cc(F)c1)CCS2)Nc1c[nH]c2ccccc12. The second kappa shape index (κ2) is 8.55. The van der Waals surface area contributed by atoms with Crippen LogP contribution in [0.5, 0.6) is 0 Å². The van der Waals surface area contributed by atoms with Gasteiger partial charge in [0, 0.05) is 52.6 Å². The Morgan fingerprint density at radius 2 is 1.84 bits per heavy atom. The Balaban J connectivity index is 1.34. The summed E-state index contributed by atoms with van der Waals surface area (Å²) in [7, 11) is 0. The first-order valence-electron chi connectivity index (χ1n) is 10.2. The Morgan fingerprint density at radius 1 is 1.03 bits per heavy atom. The van der Waals surface area contributed by atoms with Gasteiger partial charge in [-0.2, -0.15) is 0 Å². The van der Waals surface area contributed by atoms with Crippen molar-refractivity contribution in [3.8, 4) is 0 Å². The van der Waals surface area contributed by atoms with Crippen molar-refractivity contribution in [1.82, 2.24) is 4.98 Å². The lowest BCUT2D eigenvalue weighted by molar-refractivity contribution is 0.262. The van der Waals surface area contributed by atoms with Crippen molar-refractivity contribution >= 4 is 45.8 Å². The van der Waals surface area contributed by atoms with Crippen LogP contribution in [0, 0.1) is 11.6 Å². The average Bonchev–Trinajstić information content (AvgIpc) is 3.16. The van der Waals surface area contributed by atoms with Gasteiger partial charge >= 0.3 is 6.03 Å². The second-order valence-electron chi connectivity index (χ2n) is 7.56. The van der Waals surface area contributed by atoms with Crippen LogP contribution >= 0.6 is 11.8 Å². The fourth-order valence-electron chi connectivity index (χ4n) is 3.90. The minimum absolute atomic E-state index is 0.350. The number of para-hydroxylation sites is 1. The van der Waals surface area contributed by atoms with Crippen LogP contribution in [-0.2, 0) is 6.54 Å². The van der Waals surface area contributed by atoms with Crippen molar-refractivity contribution in [2.75, 3.05) is 27.8 Å². The van der Waals surface area contributed by atoms with E-state index in [1.54, 1.807) is 18.0 Å². The maximum absolute atomic E-state index is 13.6. The van der Waals surface area contributed by atoms with Gasteiger partial charge in [-0.3, -0.25) is 0 Å². The number of aromatic amines is 1. The molecule has 0 radical (unpaired) electrons. The molecular formula is C24H20F2N4OS. The third kappa shape index (κ3) is 4.27. The number of carbonyl (C=O) groups excluding carboxylic acids is 1. The first-order valence-corrected chi connectivity index (χ1v) is 11.1. The third-order valence-electron chi connectivity index (χ3n) is 5.31. The molecule has 0 aliphatic carbocycles. The maximum Gasteiger partial charge on any atom is 0.323 e. The molecule has 1 aliphatic rings. The van der Waals surface area contributed by atoms with Crippen molar-refractivity contribution in [3.05, 3.63) is 84.1 Å². The van der Waals surface area contributed by atoms with Crippen molar-refractivity contribution < 1.29 is 13.6 Å². The van der Waals surface area contributed by atoms with Crippen molar-refractivity contribution in [1.29, 1.82) is 0 Å². The van der Waals surface area contributed by atoms with Gasteiger partial charge in [0.2, 0.25) is 0 Å². The third-order valence-corrected chi connectivity index (χ3v) is 6.35. The quantitative estimate of drug-likeness (QED) is 0.347. The van der Waals surface area contributed by atoms with Gasteiger partial charge in [0.05, 0.1) is 11.4 Å². The molecule has 3 N–H and O–H groups in total. The van der Waals surface area contributed by atoms with E-state index in [0.717, 1.165) is 39.8 Å². The molecule has 0 bridgehead atoms. The standard InChI is InChI=1S/C24H20F2N4OS/c25-16-9-15(10-17(26)11-16)14-30-7-8-32-23-6-5-18(12-22(23)30)28-24(31)29-21-13-27-20-4-2-1-3-19(20)21/h1-6,9-13,27H,7-8,14H2,(H2,28,29,31). The van der Waals surface area contributed by atoms with E-state index >= 15 is 0 Å². The molecule has 1 aromatic heterocycles. The van der Waals surface area contributed by atoms with Crippen LogP contribution in [-0.4, -0.2) is 23.3 Å². The molecule has 5 rings (SSSR count). The monoisotopic (exact) mass is 450 g/mol. The Bertz CT molecular complexity index is 1290. The molecule has 32 heavy (non-hydrogen) atoms. The van der Waals surface area contributed by atoms with E-state index in [1.165, 1.54) is 12.1 Å². The Labute approximate surface area is 187 Å². The summed E-state index contributed by atoms with van der Waals surface area (Å²) in [5.41, 5.74) is 3.77. The maximum atomic E-state index is 13.6. The number of carbonyl (C=O) groups is 1. The summed E-state index contributed by atoms with van der Waals surface area (Å²) >= 11 is 1.72. The van der Waals surface area contributed by atoms with Gasteiger partial charge < -0.3 is 20.5 Å². The number of hydrogen-bond donors (Lipinski definition) is 3. The van der Waals surface area contributed by atoms with E-state index in [2.05, 4.69) is 20.5 Å². The molecular weight excluding hydrogens is 430 g/mol. The summed E-state index contributed by atoms with van der Waals surface area (Å²) in [5.74, 6) is -0.300. The van der Waals surface area contributed by atoms with Gasteiger partial charge in [-0.1, -0.05) is 18.2 Å². The van der Waals surface area contributed by atoms with Crippen LogP contribution in [0.2, 0.25) is 0 Å². The number of benzene rings is 3. The minimum atomic E-state index is -0.587. The number of halogens is 2. The van der Waals surface area contributed by atoms with Gasteiger partial charge in [0.25, 0.3) is 0 Å². The molecule has 4 aromatic rings. The number of urea groups is 1. The summed E-state index contributed by atoms with van der Waals surface area (Å²) in [6.07, 6.45) is 1.76. The molecule has 162 valence electrons. The minimum Gasteiger partial charge on any atom is -0.365 e. The van der Waals surface area contributed by atoms with Gasteiger partial charge in [0.15, 0.2) is 0 Å². The van der Waals surface area contributed by atoms with Crippen molar-refractivity contribution in [2.24, 2.45) is 0 Å². The summed E-state index contributed by atoms with van der Waals surface area (Å²) in [5, 5.41) is 6.68. The number of anilines is 3. The number of rotatable bonds is 4. The zero-order valence-electron chi connectivity index (χ0n) is 17.0. The number of nitrogens with one attached hydrogen (secondary N) is 3. The number of amides is 2. The van der Waals surface area contributed by atoms with Gasteiger partial charge in [-0.25, -0.2) is 13.6 Å². The van der Waals surface area contributed by atoms with Gasteiger partial charge in [0.1, 0.15) is 11.6 Å². The van der Waals surface area contributed by atoms with Crippen molar-refractivity contribution in [3.63, 3.8) is 0 Å². The number of H-pyrrole nitrogens is 1. The highest BCUT2D eigenvalue weighted by atomic mass is 32.2. The van der Waals surface area contributed by atoms with Gasteiger partial charge in [-0.15, -0.1) is 11.8 Å². The largest absolute Gasteiger partial charge is 0.365 e. The highest BCUT2D eigenvalue weighted by Gasteiger charge is 2.19. The number of nitrogens with zero attached hydrogens (tertiary/aromatic N) is 1. The van der Waals surface area contributed by atoms with E-state index < -0.39 is 11.6 Å². The van der Waals surface area contributed by atoms with E-state index in [0.29, 0.717) is 23.5 Å². The Morgan fingerprint density at radius 3 is 2.69 bits per heavy atom. The van der Waals surface area contributed by atoms with Gasteiger partial charge in [-0.05, 0) is 42.0 Å². The fourth-order valence-corrected chi connectivity index (χ4v) is 4.93. The molecule has 2 heterocycles. The van der Waals surface area contributed by atoms with E-state index in [1.807, 2.05) is 42.5 Å². The second-order valence-corrected chi connectivity index (χ2v) is 8.69. The molecule has 8 heteroatoms. The first-order chi connectivity index (χ1) is 15.5. The summed E-state index contributed by atoms with van der Waals surface area (Å²) in [4.78, 5) is 18.9. The molecule has 0 saturated heterocycles. The number of thioether (sulfide) groups is 1. The lowest BCUT2D eigenvalue weighted by Gasteiger charge is -2.31. The van der Waals surface area contributed by atoms with Crippen LogP contribution in [0.15, 0.2) is 71.8 Å². The zero-order valence-corrected chi connectivity index (χ0v) is 17.8. The predicted molar refractivity (Wildman–Crippen MR) is 126 cm³/mol. The molecule has 0 saturated carbocycles. The average molecular weight is 451 g/mol. The summed E-state index contributed by atoms with van der Waals surface area (Å²) in [6.45, 7) is 1.12. The molecule has 1 aliphatic heterocycles. The van der Waals surface area contributed by atoms with Crippen LogP contribution in [0.25, 0.3) is 10.9 Å². The molecule has 0 fully saturated rings. The van der Waals surface area contributed by atoms with E-state index in [4.69, 9.17) is 0 Å². The van der Waals surface area contributed by atoms with E-state index in [9.17, 15) is 13.6 Å². The first kappa shape index (κ1) is 20.4. The number of aromatic nitrogens is 1. The Hall–Kier alpha value is -3.52. The lowest BCUT2D eigenvalue weighted by atomic mass is 10.1. The molecule has 0 unspecified atom stereocenters. The molecule has 0 spiro atoms. The molecule has 3 aromatic carbocycles. The number of hydrogen-bond acceptors (Lipinski definition) is 3. The van der Waals surface area contributed by atoms with Crippen molar-refractivity contribution in [2.45, 2.75) is 11.4 Å². The normalized spacial score (nSPS) is 13.1. The molecule has 2 amide bonds. The topological polar surface area (TPSA) is 60.2 Å². The highest BCUT2D eigenvalue weighted by molar-refractivity contribution is 7.99. The van der Waals surface area contributed by atoms with Crippen LogP contribution < -0.4 is 15.5 Å². The smallest absolute Gasteiger partial charge is 0.323 e. The zero-order chi connectivity index (χ0) is 22.1. The highest BCUT2D eigenvalue weighted by Crippen LogP contribution is 2.37. The summed E-state index contributed by atoms with van der Waals surface area (Å²) in [6, 6.07) is 16.6. The molecule has 0 atom stereocenters. The predicted octanol–water partition coefficient (Wildman–Crippen LogP) is 6.20.